The molecule has 0 amide bonds. The molecule has 0 atom stereocenters. The van der Waals surface area contributed by atoms with Crippen molar-refractivity contribution in [1.82, 2.24) is 20.2 Å². The van der Waals surface area contributed by atoms with Crippen molar-refractivity contribution in [3.05, 3.63) is 10.0 Å². The molecule has 0 spiro atoms. The molecule has 0 aliphatic carbocycles. The van der Waals surface area contributed by atoms with E-state index in [-0.39, 0.29) is 21.2 Å². The molecule has 6 heteroatoms. The van der Waals surface area contributed by atoms with Crippen molar-refractivity contribution >= 4 is 16.9 Å². The molecular formula is C6H7IN5-. The first kappa shape index (κ1) is 7.71. The Balaban J connectivity index is 2.83. The van der Waals surface area contributed by atoms with Gasteiger partial charge in [0.05, 0.1) is 0 Å². The maximum atomic E-state index is 5.68. The van der Waals surface area contributed by atoms with Crippen LogP contribution in [0.1, 0.15) is 0 Å². The van der Waals surface area contributed by atoms with E-state index in [9.17, 15) is 0 Å². The van der Waals surface area contributed by atoms with Crippen molar-refractivity contribution in [3.63, 3.8) is 0 Å². The van der Waals surface area contributed by atoms with Crippen LogP contribution < -0.4 is 26.9 Å². The third kappa shape index (κ3) is 1.02. The van der Waals surface area contributed by atoms with Crippen molar-refractivity contribution in [2.75, 3.05) is 10.7 Å². The van der Waals surface area contributed by atoms with Crippen molar-refractivity contribution in [1.29, 1.82) is 0 Å². The number of aromatic amines is 1. The van der Waals surface area contributed by atoms with Gasteiger partial charge in [-0.25, -0.2) is 0 Å². The van der Waals surface area contributed by atoms with Crippen LogP contribution in [0.4, 0.5) is 5.82 Å². The predicted molar refractivity (Wildman–Crippen MR) is 40.7 cm³/mol. The number of halogens is 1. The fraction of sp³-hybridized carbons (Fsp3) is 0.167. The Morgan fingerprint density at radius 1 is 1.50 bits per heavy atom. The van der Waals surface area contributed by atoms with E-state index in [0.29, 0.717) is 11.5 Å². The summed E-state index contributed by atoms with van der Waals surface area (Å²) in [6.07, 6.45) is 1.43. The SMILES string of the molecule is C[I-]c1[nH]nc2ncnc(N)c12. The van der Waals surface area contributed by atoms with Crippen LogP contribution in [-0.4, -0.2) is 25.1 Å². The van der Waals surface area contributed by atoms with Crippen molar-refractivity contribution < 1.29 is 21.2 Å². The van der Waals surface area contributed by atoms with E-state index in [1.807, 2.05) is 0 Å². The molecule has 0 fully saturated rings. The van der Waals surface area contributed by atoms with Crippen LogP contribution in [0.3, 0.4) is 0 Å². The Labute approximate surface area is 79.0 Å². The van der Waals surface area contributed by atoms with Crippen molar-refractivity contribution in [3.8, 4) is 0 Å². The molecule has 0 unspecified atom stereocenters. The van der Waals surface area contributed by atoms with E-state index in [2.05, 4.69) is 25.1 Å². The quantitative estimate of drug-likeness (QED) is 0.425. The van der Waals surface area contributed by atoms with Gasteiger partial charge in [0.1, 0.15) is 0 Å². The number of aromatic nitrogens is 4. The zero-order chi connectivity index (χ0) is 8.55. The van der Waals surface area contributed by atoms with E-state index in [1.54, 1.807) is 0 Å². The Kier molecular flexibility index (Phi) is 1.83. The topological polar surface area (TPSA) is 80.5 Å². The van der Waals surface area contributed by atoms with E-state index in [4.69, 9.17) is 5.73 Å². The van der Waals surface area contributed by atoms with Crippen LogP contribution in [0, 0.1) is 3.70 Å². The van der Waals surface area contributed by atoms with Crippen LogP contribution in [0.15, 0.2) is 6.33 Å². The Morgan fingerprint density at radius 3 is 3.08 bits per heavy atom. The molecule has 0 aliphatic rings. The van der Waals surface area contributed by atoms with E-state index < -0.39 is 0 Å². The number of nitrogens with one attached hydrogen (secondary N) is 1. The van der Waals surface area contributed by atoms with Gasteiger partial charge in [0.15, 0.2) is 0 Å². The normalized spacial score (nSPS) is 11.1. The van der Waals surface area contributed by atoms with Crippen molar-refractivity contribution in [2.24, 2.45) is 0 Å². The molecule has 2 aromatic heterocycles. The monoisotopic (exact) mass is 276 g/mol. The van der Waals surface area contributed by atoms with Gasteiger partial charge >= 0.3 is 78.9 Å². The van der Waals surface area contributed by atoms with E-state index >= 15 is 0 Å². The minimum absolute atomic E-state index is 0.0501. The molecule has 2 heterocycles. The molecule has 0 aromatic carbocycles. The van der Waals surface area contributed by atoms with Crippen molar-refractivity contribution in [2.45, 2.75) is 0 Å². The van der Waals surface area contributed by atoms with Gasteiger partial charge in [0, 0.05) is 0 Å². The summed E-state index contributed by atoms with van der Waals surface area (Å²) in [5, 5.41) is 7.84. The number of alkyl halides is 1. The van der Waals surface area contributed by atoms with Crippen LogP contribution >= 0.6 is 0 Å². The molecule has 2 aromatic rings. The zero-order valence-corrected chi connectivity index (χ0v) is 8.53. The molecule has 0 radical (unpaired) electrons. The third-order valence-corrected chi connectivity index (χ3v) is 3.38. The molecule has 3 N–H and O–H groups in total. The molecule has 5 nitrogen and oxygen atoms in total. The van der Waals surface area contributed by atoms with Gasteiger partial charge in [0.2, 0.25) is 0 Å². The molecule has 12 heavy (non-hydrogen) atoms. The van der Waals surface area contributed by atoms with Crippen LogP contribution in [0.5, 0.6) is 0 Å². The Bertz CT molecular complexity index is 409. The van der Waals surface area contributed by atoms with Gasteiger partial charge in [-0.2, -0.15) is 0 Å². The number of rotatable bonds is 1. The number of nitrogens with zero attached hydrogens (tertiary/aromatic N) is 3. The Hall–Kier alpha value is -0.920. The number of nitrogen functional groups attached to an aromatic ring is 1. The van der Waals surface area contributed by atoms with E-state index in [0.717, 1.165) is 9.09 Å². The fourth-order valence-corrected chi connectivity index (χ4v) is 2.40. The Morgan fingerprint density at radius 2 is 2.33 bits per heavy atom. The van der Waals surface area contributed by atoms with Gasteiger partial charge in [-0.05, 0) is 0 Å². The number of anilines is 1. The first-order valence-corrected chi connectivity index (χ1v) is 6.50. The fourth-order valence-electron chi connectivity index (χ4n) is 0.979. The molecule has 0 bridgehead atoms. The van der Waals surface area contributed by atoms with E-state index in [1.165, 1.54) is 6.33 Å². The molecule has 0 saturated heterocycles. The molecule has 2 rings (SSSR count). The number of hydrogen-bond acceptors (Lipinski definition) is 4. The zero-order valence-electron chi connectivity index (χ0n) is 6.37. The second-order valence-electron chi connectivity index (χ2n) is 2.18. The second-order valence-corrected chi connectivity index (χ2v) is 4.34. The summed E-state index contributed by atoms with van der Waals surface area (Å²) in [7, 11) is 0. The number of H-pyrrole nitrogens is 1. The predicted octanol–water partition coefficient (Wildman–Crippen LogP) is -3.18. The summed E-state index contributed by atoms with van der Waals surface area (Å²) in [4.78, 5) is 10.0. The minimum atomic E-state index is -0.0501. The van der Waals surface area contributed by atoms with Gasteiger partial charge in [-0.15, -0.1) is 0 Å². The average molecular weight is 276 g/mol. The standard InChI is InChI=1S/C6H7IN5/c1-7-4-3-5(8)9-2-10-6(3)12-11-4/h2H,1H3,(H3,8,9,10,11,12)/q-1. The summed E-state index contributed by atoms with van der Waals surface area (Å²) in [6.45, 7) is 0. The second kappa shape index (κ2) is 2.85. The summed E-state index contributed by atoms with van der Waals surface area (Å²) in [5.74, 6) is 0.519. The average Bonchev–Trinajstić information content (AvgIpc) is 2.49. The van der Waals surface area contributed by atoms with Crippen LogP contribution in [0.2, 0.25) is 0 Å². The molecule has 0 saturated carbocycles. The van der Waals surface area contributed by atoms with Gasteiger partial charge in [-0.1, -0.05) is 0 Å². The molecule has 0 aliphatic heterocycles. The number of fused-ring (bicyclic) bond motifs is 1. The number of nitrogens with two attached hydrogens (primary N) is 1. The van der Waals surface area contributed by atoms with Gasteiger partial charge in [0.25, 0.3) is 0 Å². The summed E-state index contributed by atoms with van der Waals surface area (Å²) in [6, 6.07) is 0. The first-order valence-electron chi connectivity index (χ1n) is 3.27. The van der Waals surface area contributed by atoms with Gasteiger partial charge < -0.3 is 0 Å². The van der Waals surface area contributed by atoms with Gasteiger partial charge in [-0.3, -0.25) is 0 Å². The maximum absolute atomic E-state index is 5.68. The molecular weight excluding hydrogens is 269 g/mol. The first-order chi connectivity index (χ1) is 5.83. The summed E-state index contributed by atoms with van der Waals surface area (Å²) >= 11 is -0.0501. The third-order valence-electron chi connectivity index (χ3n) is 1.53. The number of hydrogen-bond donors (Lipinski definition) is 2. The summed E-state index contributed by atoms with van der Waals surface area (Å²) < 4.78 is 1.10. The molecule has 64 valence electrons. The summed E-state index contributed by atoms with van der Waals surface area (Å²) in [5.41, 5.74) is 6.35. The van der Waals surface area contributed by atoms with Crippen LogP contribution in [-0.2, 0) is 0 Å². The van der Waals surface area contributed by atoms with Crippen LogP contribution in [0.25, 0.3) is 11.0 Å².